The number of phenols is 1. The molecule has 4 aromatic rings. The van der Waals surface area contributed by atoms with Gasteiger partial charge in [0.25, 0.3) is 5.91 Å². The zero-order chi connectivity index (χ0) is 18.8. The molecule has 0 bridgehead atoms. The molecule has 1 amide bonds. The van der Waals surface area contributed by atoms with E-state index in [0.29, 0.717) is 22.0 Å². The molecule has 0 atom stereocenters. The zero-order valence-corrected chi connectivity index (χ0v) is 14.2. The van der Waals surface area contributed by atoms with E-state index in [2.05, 4.69) is 5.32 Å². The molecule has 1 heterocycles. The molecule has 3 aromatic carbocycles. The summed E-state index contributed by atoms with van der Waals surface area (Å²) in [5.74, 6) is -0.504. The summed E-state index contributed by atoms with van der Waals surface area (Å²) in [5.41, 5.74) is 1.24. The molecule has 0 spiro atoms. The van der Waals surface area contributed by atoms with Crippen molar-refractivity contribution in [1.29, 1.82) is 0 Å². The standard InChI is InChI=1S/C22H15NO4/c24-16-12-10-15(11-13-16)23-21(25)20-19(14-6-2-1-3-7-14)17-8-4-5-9-18(17)22(26)27-20/h1-13,24H,(H,23,25). The van der Waals surface area contributed by atoms with E-state index in [9.17, 15) is 14.7 Å². The van der Waals surface area contributed by atoms with Crippen LogP contribution in [0.2, 0.25) is 0 Å². The molecular weight excluding hydrogens is 342 g/mol. The molecule has 5 nitrogen and oxygen atoms in total. The molecule has 0 aliphatic rings. The molecule has 0 aliphatic heterocycles. The first-order valence-electron chi connectivity index (χ1n) is 8.35. The normalized spacial score (nSPS) is 10.7. The number of phenolic OH excluding ortho intramolecular Hbond substituents is 1. The van der Waals surface area contributed by atoms with Crippen molar-refractivity contribution in [3.63, 3.8) is 0 Å². The lowest BCUT2D eigenvalue weighted by atomic mass is 9.98. The summed E-state index contributed by atoms with van der Waals surface area (Å²) in [6.07, 6.45) is 0. The fourth-order valence-electron chi connectivity index (χ4n) is 2.98. The topological polar surface area (TPSA) is 79.5 Å². The van der Waals surface area contributed by atoms with Crippen LogP contribution in [0.25, 0.3) is 21.9 Å². The highest BCUT2D eigenvalue weighted by atomic mass is 16.4. The van der Waals surface area contributed by atoms with Crippen molar-refractivity contribution in [2.45, 2.75) is 0 Å². The number of anilines is 1. The Morgan fingerprint density at radius 2 is 1.44 bits per heavy atom. The summed E-state index contributed by atoms with van der Waals surface area (Å²) in [4.78, 5) is 25.3. The molecule has 4 rings (SSSR count). The average Bonchev–Trinajstić information content (AvgIpc) is 2.70. The smallest absolute Gasteiger partial charge is 0.344 e. The van der Waals surface area contributed by atoms with Gasteiger partial charge in [-0.15, -0.1) is 0 Å². The molecule has 0 saturated carbocycles. The largest absolute Gasteiger partial charge is 0.508 e. The Bertz CT molecular complexity index is 1180. The van der Waals surface area contributed by atoms with Crippen LogP contribution in [0.1, 0.15) is 10.6 Å². The first kappa shape index (κ1) is 16.6. The number of carbonyl (C=O) groups excluding carboxylic acids is 1. The van der Waals surface area contributed by atoms with E-state index in [0.717, 1.165) is 5.56 Å². The highest BCUT2D eigenvalue weighted by Gasteiger charge is 2.21. The molecule has 132 valence electrons. The minimum absolute atomic E-state index is 0.0574. The number of amides is 1. The van der Waals surface area contributed by atoms with Crippen LogP contribution in [0, 0.1) is 0 Å². The number of rotatable bonds is 3. The van der Waals surface area contributed by atoms with Crippen LogP contribution < -0.4 is 10.9 Å². The number of hydrogen-bond acceptors (Lipinski definition) is 4. The molecule has 0 aliphatic carbocycles. The molecule has 0 saturated heterocycles. The zero-order valence-electron chi connectivity index (χ0n) is 14.2. The number of aromatic hydroxyl groups is 1. The van der Waals surface area contributed by atoms with E-state index < -0.39 is 11.5 Å². The number of benzene rings is 3. The lowest BCUT2D eigenvalue weighted by Crippen LogP contribution is -2.16. The van der Waals surface area contributed by atoms with Crippen LogP contribution in [0.4, 0.5) is 5.69 Å². The average molecular weight is 357 g/mol. The Hall–Kier alpha value is -3.86. The predicted molar refractivity (Wildman–Crippen MR) is 104 cm³/mol. The Labute approximate surface area is 154 Å². The van der Waals surface area contributed by atoms with Gasteiger partial charge in [-0.2, -0.15) is 0 Å². The van der Waals surface area contributed by atoms with Crippen molar-refractivity contribution < 1.29 is 14.3 Å². The summed E-state index contributed by atoms with van der Waals surface area (Å²) in [7, 11) is 0. The number of nitrogens with one attached hydrogen (secondary N) is 1. The predicted octanol–water partition coefficient (Wildman–Crippen LogP) is 4.42. The minimum Gasteiger partial charge on any atom is -0.508 e. The van der Waals surface area contributed by atoms with Crippen LogP contribution in [-0.4, -0.2) is 11.0 Å². The van der Waals surface area contributed by atoms with E-state index in [4.69, 9.17) is 4.42 Å². The van der Waals surface area contributed by atoms with Crippen LogP contribution in [0.3, 0.4) is 0 Å². The van der Waals surface area contributed by atoms with Gasteiger partial charge < -0.3 is 14.8 Å². The monoisotopic (exact) mass is 357 g/mol. The number of carbonyl (C=O) groups is 1. The van der Waals surface area contributed by atoms with Gasteiger partial charge in [0.15, 0.2) is 0 Å². The van der Waals surface area contributed by atoms with E-state index >= 15 is 0 Å². The van der Waals surface area contributed by atoms with Gasteiger partial charge in [-0.25, -0.2) is 4.79 Å². The third-order valence-corrected chi connectivity index (χ3v) is 4.23. The number of hydrogen-bond donors (Lipinski definition) is 2. The summed E-state index contributed by atoms with van der Waals surface area (Å²) in [6.45, 7) is 0. The van der Waals surface area contributed by atoms with E-state index in [1.54, 1.807) is 30.3 Å². The van der Waals surface area contributed by atoms with Crippen molar-refractivity contribution in [2.75, 3.05) is 5.32 Å². The molecule has 5 heteroatoms. The SMILES string of the molecule is O=C(Nc1ccc(O)cc1)c1oc(=O)c2ccccc2c1-c1ccccc1. The summed E-state index contributed by atoms with van der Waals surface area (Å²) in [6, 6.07) is 22.4. The van der Waals surface area contributed by atoms with Gasteiger partial charge in [0.1, 0.15) is 5.75 Å². The van der Waals surface area contributed by atoms with E-state index in [1.807, 2.05) is 36.4 Å². The van der Waals surface area contributed by atoms with Crippen LogP contribution >= 0.6 is 0 Å². The quantitative estimate of drug-likeness (QED) is 0.532. The fraction of sp³-hybridized carbons (Fsp3) is 0. The van der Waals surface area contributed by atoms with Gasteiger partial charge in [-0.05, 0) is 35.9 Å². The molecule has 27 heavy (non-hydrogen) atoms. The molecule has 1 aromatic heterocycles. The van der Waals surface area contributed by atoms with E-state index in [1.165, 1.54) is 12.1 Å². The second-order valence-electron chi connectivity index (χ2n) is 6.01. The van der Waals surface area contributed by atoms with Crippen LogP contribution in [0.5, 0.6) is 5.75 Å². The van der Waals surface area contributed by atoms with Crippen LogP contribution in [-0.2, 0) is 0 Å². The van der Waals surface area contributed by atoms with E-state index in [-0.39, 0.29) is 11.5 Å². The summed E-state index contributed by atoms with van der Waals surface area (Å²) in [5, 5.41) is 13.2. The van der Waals surface area contributed by atoms with Gasteiger partial charge in [-0.3, -0.25) is 4.79 Å². The minimum atomic E-state index is -0.568. The summed E-state index contributed by atoms with van der Waals surface area (Å²) >= 11 is 0. The fourth-order valence-corrected chi connectivity index (χ4v) is 2.98. The maximum atomic E-state index is 12.9. The van der Waals surface area contributed by atoms with Gasteiger partial charge in [-0.1, -0.05) is 48.5 Å². The van der Waals surface area contributed by atoms with Crippen molar-refractivity contribution in [2.24, 2.45) is 0 Å². The van der Waals surface area contributed by atoms with Crippen molar-refractivity contribution in [3.05, 3.63) is 95.0 Å². The second kappa shape index (κ2) is 6.80. The highest BCUT2D eigenvalue weighted by Crippen LogP contribution is 2.31. The van der Waals surface area contributed by atoms with Gasteiger partial charge in [0, 0.05) is 16.6 Å². The van der Waals surface area contributed by atoms with Crippen molar-refractivity contribution >= 4 is 22.4 Å². The highest BCUT2D eigenvalue weighted by molar-refractivity contribution is 6.11. The Morgan fingerprint density at radius 3 is 2.15 bits per heavy atom. The van der Waals surface area contributed by atoms with Gasteiger partial charge in [0.2, 0.25) is 5.76 Å². The molecular formula is C22H15NO4. The lowest BCUT2D eigenvalue weighted by molar-refractivity contribution is 0.0994. The number of fused-ring (bicyclic) bond motifs is 1. The third-order valence-electron chi connectivity index (χ3n) is 4.23. The Kier molecular flexibility index (Phi) is 4.18. The first-order chi connectivity index (χ1) is 13.1. The third kappa shape index (κ3) is 3.18. The Morgan fingerprint density at radius 1 is 0.815 bits per heavy atom. The molecule has 0 unspecified atom stereocenters. The van der Waals surface area contributed by atoms with Crippen LogP contribution in [0.15, 0.2) is 88.1 Å². The van der Waals surface area contributed by atoms with Gasteiger partial charge >= 0.3 is 5.63 Å². The Balaban J connectivity index is 1.90. The lowest BCUT2D eigenvalue weighted by Gasteiger charge is -2.12. The maximum absolute atomic E-state index is 12.9. The van der Waals surface area contributed by atoms with Crippen molar-refractivity contribution in [1.82, 2.24) is 0 Å². The van der Waals surface area contributed by atoms with Crippen molar-refractivity contribution in [3.8, 4) is 16.9 Å². The summed E-state index contributed by atoms with van der Waals surface area (Å²) < 4.78 is 5.42. The molecule has 0 radical (unpaired) electrons. The first-order valence-corrected chi connectivity index (χ1v) is 8.35. The second-order valence-corrected chi connectivity index (χ2v) is 6.01. The maximum Gasteiger partial charge on any atom is 0.344 e. The van der Waals surface area contributed by atoms with Gasteiger partial charge in [0.05, 0.1) is 5.39 Å². The molecule has 2 N–H and O–H groups in total. The molecule has 0 fully saturated rings.